The number of aromatic nitrogens is 2. The summed E-state index contributed by atoms with van der Waals surface area (Å²) in [7, 11) is 0. The highest BCUT2D eigenvalue weighted by Crippen LogP contribution is 2.28. The van der Waals surface area contributed by atoms with E-state index in [0.717, 1.165) is 0 Å². The van der Waals surface area contributed by atoms with Gasteiger partial charge in [0.15, 0.2) is 5.82 Å². The Bertz CT molecular complexity index is 635. The number of benzene rings is 1. The van der Waals surface area contributed by atoms with E-state index in [-0.39, 0.29) is 28.8 Å². The lowest BCUT2D eigenvalue weighted by molar-refractivity contribution is 0.128. The summed E-state index contributed by atoms with van der Waals surface area (Å²) in [4.78, 5) is 8.07. The minimum atomic E-state index is -0.690. The summed E-state index contributed by atoms with van der Waals surface area (Å²) < 4.78 is 33.1. The number of ether oxygens (including phenoxy) is 1. The first kappa shape index (κ1) is 14.8. The zero-order valence-corrected chi connectivity index (χ0v) is 11.8. The van der Waals surface area contributed by atoms with Crippen LogP contribution in [0.1, 0.15) is 18.3 Å². The first-order valence-electron chi connectivity index (χ1n) is 6.09. The molecule has 0 aliphatic heterocycles. The number of halogens is 3. The van der Waals surface area contributed by atoms with E-state index >= 15 is 0 Å². The topological polar surface area (TPSA) is 35.0 Å². The second-order valence-electron chi connectivity index (χ2n) is 4.18. The van der Waals surface area contributed by atoms with Crippen molar-refractivity contribution in [3.8, 4) is 11.3 Å². The molecule has 0 amide bonds. The van der Waals surface area contributed by atoms with Crippen molar-refractivity contribution in [1.82, 2.24) is 9.97 Å². The molecule has 6 heteroatoms. The van der Waals surface area contributed by atoms with E-state index in [9.17, 15) is 8.78 Å². The summed E-state index contributed by atoms with van der Waals surface area (Å²) in [5, 5.41) is 0.116. The van der Waals surface area contributed by atoms with E-state index in [2.05, 4.69) is 9.97 Å². The van der Waals surface area contributed by atoms with Gasteiger partial charge in [-0.15, -0.1) is 0 Å². The highest BCUT2D eigenvalue weighted by atomic mass is 35.5. The number of nitrogens with zero attached hydrogens (tertiary/aromatic N) is 2. The highest BCUT2D eigenvalue weighted by Gasteiger charge is 2.16. The summed E-state index contributed by atoms with van der Waals surface area (Å²) in [5.41, 5.74) is 0.243. The second-order valence-corrected chi connectivity index (χ2v) is 4.57. The number of aryl methyl sites for hydroxylation is 1. The van der Waals surface area contributed by atoms with Gasteiger partial charge in [0.05, 0.1) is 11.3 Å². The van der Waals surface area contributed by atoms with Gasteiger partial charge in [0.1, 0.15) is 23.4 Å². The fourth-order valence-electron chi connectivity index (χ4n) is 1.74. The maximum Gasteiger partial charge on any atom is 0.156 e. The summed E-state index contributed by atoms with van der Waals surface area (Å²) in [6.45, 7) is 4.00. The molecule has 106 valence electrons. The lowest BCUT2D eigenvalue weighted by Gasteiger charge is -2.09. The SMILES string of the molecule is CCOCc1nc(Cl)cc(-c2c(F)ccc(C)c2F)n1. The molecule has 0 spiro atoms. The van der Waals surface area contributed by atoms with Crippen molar-refractivity contribution in [3.05, 3.63) is 46.4 Å². The molecule has 2 rings (SSSR count). The smallest absolute Gasteiger partial charge is 0.156 e. The Balaban J connectivity index is 2.52. The zero-order chi connectivity index (χ0) is 14.7. The maximum atomic E-state index is 14.1. The predicted molar refractivity (Wildman–Crippen MR) is 72.5 cm³/mol. The van der Waals surface area contributed by atoms with Crippen molar-refractivity contribution >= 4 is 11.6 Å². The monoisotopic (exact) mass is 298 g/mol. The van der Waals surface area contributed by atoms with E-state index in [4.69, 9.17) is 16.3 Å². The molecule has 1 heterocycles. The lowest BCUT2D eigenvalue weighted by atomic mass is 10.1. The standard InChI is InChI=1S/C14H13ClF2N2O/c1-3-20-7-12-18-10(6-11(15)19-12)13-9(16)5-4-8(2)14(13)17/h4-6H,3,7H2,1-2H3. The Morgan fingerprint density at radius 3 is 2.70 bits per heavy atom. The summed E-state index contributed by atoms with van der Waals surface area (Å²) in [6, 6.07) is 3.90. The molecule has 0 aliphatic rings. The number of rotatable bonds is 4. The molecule has 0 bridgehead atoms. The molecule has 2 aromatic rings. The van der Waals surface area contributed by atoms with Crippen LogP contribution in [0.5, 0.6) is 0 Å². The molecule has 0 atom stereocenters. The first-order chi connectivity index (χ1) is 9.52. The molecule has 0 saturated carbocycles. The average molecular weight is 299 g/mol. The van der Waals surface area contributed by atoms with Crippen LogP contribution in [0.4, 0.5) is 8.78 Å². The van der Waals surface area contributed by atoms with Crippen LogP contribution in [-0.4, -0.2) is 16.6 Å². The molecule has 0 radical (unpaired) electrons. The Hall–Kier alpha value is -1.59. The van der Waals surface area contributed by atoms with Gasteiger partial charge in [-0.3, -0.25) is 0 Å². The van der Waals surface area contributed by atoms with Crippen LogP contribution in [0, 0.1) is 18.6 Å². The quantitative estimate of drug-likeness (QED) is 0.803. The average Bonchev–Trinajstić information content (AvgIpc) is 2.41. The van der Waals surface area contributed by atoms with Crippen LogP contribution >= 0.6 is 11.6 Å². The normalized spacial score (nSPS) is 10.8. The first-order valence-corrected chi connectivity index (χ1v) is 6.47. The molecular formula is C14H13ClF2N2O. The molecule has 0 unspecified atom stereocenters. The van der Waals surface area contributed by atoms with Crippen LogP contribution in [0.15, 0.2) is 18.2 Å². The summed E-state index contributed by atoms with van der Waals surface area (Å²) in [6.07, 6.45) is 0. The van der Waals surface area contributed by atoms with Crippen molar-refractivity contribution in [2.24, 2.45) is 0 Å². The van der Waals surface area contributed by atoms with Crippen molar-refractivity contribution < 1.29 is 13.5 Å². The molecule has 1 aromatic heterocycles. The Morgan fingerprint density at radius 2 is 2.00 bits per heavy atom. The van der Waals surface area contributed by atoms with Crippen molar-refractivity contribution in [2.45, 2.75) is 20.5 Å². The second kappa shape index (κ2) is 6.24. The molecule has 0 aliphatic carbocycles. The van der Waals surface area contributed by atoms with E-state index in [1.54, 1.807) is 6.92 Å². The Morgan fingerprint density at radius 1 is 1.25 bits per heavy atom. The van der Waals surface area contributed by atoms with Gasteiger partial charge in [-0.25, -0.2) is 18.7 Å². The van der Waals surface area contributed by atoms with Crippen LogP contribution in [0.2, 0.25) is 5.15 Å². The third-order valence-corrected chi connectivity index (χ3v) is 2.91. The van der Waals surface area contributed by atoms with Gasteiger partial charge in [-0.2, -0.15) is 0 Å². The molecule has 0 saturated heterocycles. The zero-order valence-electron chi connectivity index (χ0n) is 11.1. The number of hydrogen-bond acceptors (Lipinski definition) is 3. The number of hydrogen-bond donors (Lipinski definition) is 0. The van der Waals surface area contributed by atoms with Gasteiger partial charge < -0.3 is 4.74 Å². The van der Waals surface area contributed by atoms with Crippen LogP contribution < -0.4 is 0 Å². The Kier molecular flexibility index (Phi) is 4.62. The maximum absolute atomic E-state index is 14.1. The van der Waals surface area contributed by atoms with Gasteiger partial charge in [0.2, 0.25) is 0 Å². The van der Waals surface area contributed by atoms with Crippen molar-refractivity contribution in [3.63, 3.8) is 0 Å². The minimum Gasteiger partial charge on any atom is -0.374 e. The van der Waals surface area contributed by atoms with Crippen LogP contribution in [0.25, 0.3) is 11.3 Å². The largest absolute Gasteiger partial charge is 0.374 e. The molecular weight excluding hydrogens is 286 g/mol. The lowest BCUT2D eigenvalue weighted by Crippen LogP contribution is -2.03. The van der Waals surface area contributed by atoms with Gasteiger partial charge in [-0.1, -0.05) is 17.7 Å². The third kappa shape index (κ3) is 3.11. The van der Waals surface area contributed by atoms with E-state index in [1.165, 1.54) is 18.2 Å². The van der Waals surface area contributed by atoms with Crippen LogP contribution in [-0.2, 0) is 11.3 Å². The van der Waals surface area contributed by atoms with Gasteiger partial charge >= 0.3 is 0 Å². The van der Waals surface area contributed by atoms with Gasteiger partial charge in [-0.05, 0) is 25.5 Å². The molecule has 0 N–H and O–H groups in total. The molecule has 0 fully saturated rings. The van der Waals surface area contributed by atoms with Crippen molar-refractivity contribution in [1.29, 1.82) is 0 Å². The Labute approximate surface area is 120 Å². The van der Waals surface area contributed by atoms with E-state index in [1.807, 2.05) is 6.92 Å². The van der Waals surface area contributed by atoms with E-state index in [0.29, 0.717) is 12.2 Å². The van der Waals surface area contributed by atoms with Crippen molar-refractivity contribution in [2.75, 3.05) is 6.61 Å². The summed E-state index contributed by atoms with van der Waals surface area (Å²) in [5.74, 6) is -1.05. The van der Waals surface area contributed by atoms with Gasteiger partial charge in [0.25, 0.3) is 0 Å². The van der Waals surface area contributed by atoms with Crippen LogP contribution in [0.3, 0.4) is 0 Å². The third-order valence-electron chi connectivity index (χ3n) is 2.72. The van der Waals surface area contributed by atoms with Gasteiger partial charge in [0, 0.05) is 12.7 Å². The fourth-order valence-corrected chi connectivity index (χ4v) is 1.94. The minimum absolute atomic E-state index is 0.110. The molecule has 3 nitrogen and oxygen atoms in total. The predicted octanol–water partition coefficient (Wildman–Crippen LogP) is 3.92. The molecule has 1 aromatic carbocycles. The molecule has 20 heavy (non-hydrogen) atoms. The van der Waals surface area contributed by atoms with E-state index < -0.39 is 11.6 Å². The highest BCUT2D eigenvalue weighted by molar-refractivity contribution is 6.29. The fraction of sp³-hybridized carbons (Fsp3) is 0.286. The summed E-state index contributed by atoms with van der Waals surface area (Å²) >= 11 is 5.87.